The van der Waals surface area contributed by atoms with Gasteiger partial charge in [-0.3, -0.25) is 0 Å². The molecule has 113 heavy (non-hydrogen) atoms. The van der Waals surface area contributed by atoms with Crippen LogP contribution >= 0.6 is 0 Å². The standard InChI is InChI=1S/C108H103BN4/c1-103(2,3)74-48-53-94-88(59-74)89-60-75(104(4,5)6)49-54-95(89)110(94)80-50-52-91-97(65-80)113(101-84(69-37-25-20-26-38-69)61-78(107(13,14)15)62-85(101)70-39-27-21-28-40-70)99-67-81(111-92-45-33-31-43-82(92)83-44-32-34-46-93(83)111)66-98-100(99)109(91)90-51-47-72(68-35-23-19-24-36-68)57-96(90)112(98)102-86(71-41-29-22-30-42-71)63-79(108(16,17)18)64-87(102)73-55-76(105(7,8)9)58-77(56-73)106(10,11)12/h19-67H,1-18H3/i19D,23D,24D,31D,32D,33D,34D,35D,36D,43D,44D,45D,46D. The summed E-state index contributed by atoms with van der Waals surface area (Å²) < 4.78 is 131. The van der Waals surface area contributed by atoms with Crippen LogP contribution in [0.15, 0.2) is 297 Å². The molecule has 2 aromatic heterocycles. The summed E-state index contributed by atoms with van der Waals surface area (Å²) in [5, 5.41) is 2.01. The van der Waals surface area contributed by atoms with Crippen molar-refractivity contribution in [3.05, 3.63) is 330 Å². The second kappa shape index (κ2) is 26.5. The minimum atomic E-state index is -0.761. The van der Waals surface area contributed by atoms with Crippen LogP contribution in [-0.2, 0) is 32.5 Å². The Balaban J connectivity index is 1.13. The van der Waals surface area contributed by atoms with E-state index in [1.807, 2.05) is 48.5 Å². The van der Waals surface area contributed by atoms with E-state index in [-0.39, 0.29) is 66.8 Å². The van der Waals surface area contributed by atoms with Crippen LogP contribution in [0.25, 0.3) is 111 Å². The van der Waals surface area contributed by atoms with Gasteiger partial charge < -0.3 is 18.9 Å². The molecule has 558 valence electrons. The third-order valence-corrected chi connectivity index (χ3v) is 23.5. The Kier molecular flexibility index (Phi) is 13.9. The molecule has 0 saturated heterocycles. The monoisotopic (exact) mass is 1480 g/mol. The van der Waals surface area contributed by atoms with Gasteiger partial charge in [-0.05, 0) is 207 Å². The molecule has 2 aliphatic rings. The fraction of sp³-hybridized carbons (Fsp3) is 0.222. The molecule has 4 nitrogen and oxygen atoms in total. The van der Waals surface area contributed by atoms with Gasteiger partial charge in [-0.25, -0.2) is 0 Å². The fourth-order valence-electron chi connectivity index (χ4n) is 17.2. The summed E-state index contributed by atoms with van der Waals surface area (Å²) in [5.74, 6) is 0. The number of nitrogens with zero attached hydrogens (tertiary/aromatic N) is 4. The molecule has 4 heterocycles. The maximum Gasteiger partial charge on any atom is 0.252 e. The van der Waals surface area contributed by atoms with E-state index in [1.165, 1.54) is 11.1 Å². The van der Waals surface area contributed by atoms with Crippen LogP contribution in [0.1, 0.15) is 176 Å². The predicted molar refractivity (Wildman–Crippen MR) is 489 cm³/mol. The number of aromatic nitrogens is 2. The highest BCUT2D eigenvalue weighted by molar-refractivity contribution is 7.00. The summed E-state index contributed by atoms with van der Waals surface area (Å²) in [6.07, 6.45) is 0. The summed E-state index contributed by atoms with van der Waals surface area (Å²) >= 11 is 0. The predicted octanol–water partition coefficient (Wildman–Crippen LogP) is 28.1. The Hall–Kier alpha value is -11.7. The van der Waals surface area contributed by atoms with E-state index in [2.05, 4.69) is 309 Å². The summed E-state index contributed by atoms with van der Waals surface area (Å²) in [5.41, 5.74) is 21.3. The molecule has 14 aromatic carbocycles. The number of fused-ring (bicyclic) bond motifs is 10. The molecule has 0 spiro atoms. The van der Waals surface area contributed by atoms with Gasteiger partial charge in [-0.2, -0.15) is 0 Å². The average Bonchev–Trinajstić information content (AvgIpc) is 1.06. The van der Waals surface area contributed by atoms with Gasteiger partial charge >= 0.3 is 0 Å². The number of rotatable bonds is 9. The maximum absolute atomic E-state index is 10.4. The molecule has 16 aromatic rings. The molecule has 0 atom stereocenters. The van der Waals surface area contributed by atoms with Crippen molar-refractivity contribution in [2.24, 2.45) is 0 Å². The zero-order valence-electron chi connectivity index (χ0n) is 81.2. The largest absolute Gasteiger partial charge is 0.310 e. The number of para-hydroxylation sites is 2. The van der Waals surface area contributed by atoms with Crippen molar-refractivity contribution in [1.29, 1.82) is 0 Å². The molecule has 0 bridgehead atoms. The number of benzene rings is 14. The minimum Gasteiger partial charge on any atom is -0.310 e. The Labute approximate surface area is 688 Å². The van der Waals surface area contributed by atoms with E-state index < -0.39 is 84.0 Å². The van der Waals surface area contributed by atoms with E-state index in [4.69, 9.17) is 1.37 Å². The number of anilines is 6. The quantitative estimate of drug-likeness (QED) is 0.134. The van der Waals surface area contributed by atoms with Crippen LogP contribution < -0.4 is 26.2 Å². The van der Waals surface area contributed by atoms with Crippen molar-refractivity contribution >= 4 is 101 Å². The zero-order chi connectivity index (χ0) is 90.1. The van der Waals surface area contributed by atoms with Crippen molar-refractivity contribution in [3.63, 3.8) is 0 Å². The van der Waals surface area contributed by atoms with E-state index in [0.29, 0.717) is 28.3 Å². The van der Waals surface area contributed by atoms with Gasteiger partial charge in [-0.1, -0.05) is 331 Å². The topological polar surface area (TPSA) is 16.3 Å². The van der Waals surface area contributed by atoms with Crippen LogP contribution in [0.4, 0.5) is 34.1 Å². The molecule has 0 unspecified atom stereocenters. The third kappa shape index (κ3) is 12.5. The summed E-state index contributed by atoms with van der Waals surface area (Å²) in [4.78, 5) is 4.70. The van der Waals surface area contributed by atoms with Gasteiger partial charge in [-0.15, -0.1) is 0 Å². The molecule has 0 aliphatic carbocycles. The van der Waals surface area contributed by atoms with E-state index >= 15 is 0 Å². The molecule has 5 heteroatoms. The fourth-order valence-corrected chi connectivity index (χ4v) is 17.2. The summed E-state index contributed by atoms with van der Waals surface area (Å²) in [6.45, 7) is 39.5. The van der Waals surface area contributed by atoms with Gasteiger partial charge in [0.05, 0.1) is 56.9 Å². The van der Waals surface area contributed by atoms with Gasteiger partial charge in [0, 0.05) is 72.2 Å². The summed E-state index contributed by atoms with van der Waals surface area (Å²) in [7, 11) is 0. The second-order valence-electron chi connectivity index (χ2n) is 37.3. The van der Waals surface area contributed by atoms with Gasteiger partial charge in [0.1, 0.15) is 0 Å². The molecule has 2 aliphatic heterocycles. The lowest BCUT2D eigenvalue weighted by Gasteiger charge is -2.46. The molecule has 18 rings (SSSR count). The second-order valence-corrected chi connectivity index (χ2v) is 37.3. The van der Waals surface area contributed by atoms with Crippen LogP contribution in [0.2, 0.25) is 0 Å². The maximum atomic E-state index is 10.4. The summed E-state index contributed by atoms with van der Waals surface area (Å²) in [6, 6.07) is 71.6. The highest BCUT2D eigenvalue weighted by atomic mass is 15.2. The van der Waals surface area contributed by atoms with Gasteiger partial charge in [0.2, 0.25) is 0 Å². The molecule has 0 amide bonds. The highest BCUT2D eigenvalue weighted by Gasteiger charge is 2.47. The smallest absolute Gasteiger partial charge is 0.252 e. The SMILES string of the molecule is [2H]c1c([2H])c([2H])c(-c2ccc3c(c2)N(c2c(-c4ccccc4)cc(C(C)(C)C)cc2-c2cc(C(C)(C)C)cc(C(C)(C)C)c2)c2cc(-n4c5c([2H])c([2H])c([2H])c([2H])c5c5c([2H])c([2H])c([2H])c([2H])c54)cc4c2B3c2ccc(-n3c5ccc(C(C)(C)C)cc5c5cc(C(C)(C)C)ccc53)cc2N4c2c(-c3ccccc3)cc(C(C)(C)C)cc2-c2ccccc2)c([2H])c1[2H]. The molecule has 0 fully saturated rings. The number of hydrogen-bond donors (Lipinski definition) is 0. The highest BCUT2D eigenvalue weighted by Crippen LogP contribution is 2.57. The number of hydrogen-bond acceptors (Lipinski definition) is 2. The lowest BCUT2D eigenvalue weighted by Crippen LogP contribution is -2.61. The molecular formula is C108H103BN4. The van der Waals surface area contributed by atoms with Crippen molar-refractivity contribution in [1.82, 2.24) is 9.13 Å². The van der Waals surface area contributed by atoms with Crippen molar-refractivity contribution in [2.45, 2.75) is 157 Å². The normalized spacial score (nSPS) is 15.0. The lowest BCUT2D eigenvalue weighted by atomic mass is 9.33. The molecule has 0 N–H and O–H groups in total. The first-order valence-corrected chi connectivity index (χ1v) is 39.7. The first-order valence-electron chi connectivity index (χ1n) is 46.2. The van der Waals surface area contributed by atoms with Crippen LogP contribution in [-0.4, -0.2) is 15.8 Å². The van der Waals surface area contributed by atoms with Crippen LogP contribution in [0.5, 0.6) is 0 Å². The molecule has 0 radical (unpaired) electrons. The average molecular weight is 1480 g/mol. The lowest BCUT2D eigenvalue weighted by molar-refractivity contribution is 0.569. The Morgan fingerprint density at radius 1 is 0.248 bits per heavy atom. The first-order chi connectivity index (χ1) is 59.2. The van der Waals surface area contributed by atoms with E-state index in [0.717, 1.165) is 122 Å². The van der Waals surface area contributed by atoms with Gasteiger partial charge in [0.15, 0.2) is 0 Å². The Bertz CT molecular complexity index is 7040. The van der Waals surface area contributed by atoms with Crippen molar-refractivity contribution < 1.29 is 17.8 Å². The van der Waals surface area contributed by atoms with Crippen LogP contribution in [0, 0.1) is 0 Å². The Morgan fingerprint density at radius 2 is 0.611 bits per heavy atom. The zero-order valence-corrected chi connectivity index (χ0v) is 68.2. The van der Waals surface area contributed by atoms with Crippen molar-refractivity contribution in [3.8, 4) is 67.0 Å². The molecule has 0 saturated carbocycles. The van der Waals surface area contributed by atoms with Crippen molar-refractivity contribution in [2.75, 3.05) is 9.80 Å². The minimum absolute atomic E-state index is 0.00677. The molecular weight excluding hydrogens is 1360 g/mol. The van der Waals surface area contributed by atoms with Crippen LogP contribution in [0.3, 0.4) is 0 Å². The first kappa shape index (κ1) is 59.2. The third-order valence-electron chi connectivity index (χ3n) is 23.5. The Morgan fingerprint density at radius 3 is 1.04 bits per heavy atom. The van der Waals surface area contributed by atoms with Gasteiger partial charge in [0.25, 0.3) is 6.71 Å². The van der Waals surface area contributed by atoms with E-state index in [9.17, 15) is 16.4 Å². The van der Waals surface area contributed by atoms with E-state index in [1.54, 1.807) is 4.57 Å².